The summed E-state index contributed by atoms with van der Waals surface area (Å²) in [6.45, 7) is 0.981. The Morgan fingerprint density at radius 2 is 2.00 bits per heavy atom. The van der Waals surface area contributed by atoms with Gasteiger partial charge in [0.1, 0.15) is 4.32 Å². The number of hydrogen-bond donors (Lipinski definition) is 0. The zero-order chi connectivity index (χ0) is 15.4. The van der Waals surface area contributed by atoms with Crippen LogP contribution in [-0.2, 0) is 9.53 Å². The normalized spacial score (nSPS) is 16.9. The molecule has 2 rings (SSSR count). The lowest BCUT2D eigenvalue weighted by Crippen LogP contribution is -2.31. The molecule has 1 amide bonds. The van der Waals surface area contributed by atoms with Gasteiger partial charge in [0.2, 0.25) is 0 Å². The molecule has 0 bridgehead atoms. The van der Waals surface area contributed by atoms with Crippen LogP contribution in [0.2, 0.25) is 0 Å². The van der Waals surface area contributed by atoms with Crippen molar-refractivity contribution < 1.29 is 9.53 Å². The Hall–Kier alpha value is -1.37. The Labute approximate surface area is 134 Å². The smallest absolute Gasteiger partial charge is 0.266 e. The number of methoxy groups -OCH3 is 1. The van der Waals surface area contributed by atoms with Crippen molar-refractivity contribution >= 4 is 46.0 Å². The second-order valence-electron chi connectivity index (χ2n) is 4.81. The first-order valence-corrected chi connectivity index (χ1v) is 7.77. The van der Waals surface area contributed by atoms with E-state index >= 15 is 0 Å². The fourth-order valence-corrected chi connectivity index (χ4v) is 3.20. The molecule has 1 aromatic carbocycles. The minimum atomic E-state index is -0.0428. The first-order chi connectivity index (χ1) is 10.0. The van der Waals surface area contributed by atoms with Crippen molar-refractivity contribution in [3.8, 4) is 0 Å². The maximum Gasteiger partial charge on any atom is 0.266 e. The van der Waals surface area contributed by atoms with Gasteiger partial charge in [-0.2, -0.15) is 0 Å². The molecule has 0 N–H and O–H groups in total. The molecule has 1 aliphatic heterocycles. The number of hydrogen-bond acceptors (Lipinski definition) is 5. The molecule has 1 aromatic rings. The zero-order valence-corrected chi connectivity index (χ0v) is 14.0. The fraction of sp³-hybridized carbons (Fsp3) is 0.333. The van der Waals surface area contributed by atoms with Crippen LogP contribution in [0.1, 0.15) is 5.56 Å². The van der Waals surface area contributed by atoms with Crippen molar-refractivity contribution in [2.45, 2.75) is 0 Å². The molecule has 0 atom stereocenters. The van der Waals surface area contributed by atoms with Gasteiger partial charge in [0, 0.05) is 26.9 Å². The summed E-state index contributed by atoms with van der Waals surface area (Å²) in [7, 11) is 5.60. The van der Waals surface area contributed by atoms with Crippen LogP contribution in [0.3, 0.4) is 0 Å². The molecular weight excluding hydrogens is 304 g/mol. The summed E-state index contributed by atoms with van der Waals surface area (Å²) in [6, 6.07) is 8.04. The molecule has 0 spiro atoms. The van der Waals surface area contributed by atoms with Crippen LogP contribution < -0.4 is 4.90 Å². The van der Waals surface area contributed by atoms with Crippen molar-refractivity contribution in [1.82, 2.24) is 4.90 Å². The second kappa shape index (κ2) is 7.06. The Morgan fingerprint density at radius 3 is 2.57 bits per heavy atom. The Morgan fingerprint density at radius 1 is 1.33 bits per heavy atom. The number of anilines is 1. The third-order valence-electron chi connectivity index (χ3n) is 3.10. The van der Waals surface area contributed by atoms with Crippen molar-refractivity contribution in [2.75, 3.05) is 39.3 Å². The quantitative estimate of drug-likeness (QED) is 0.615. The van der Waals surface area contributed by atoms with Crippen LogP contribution in [0.5, 0.6) is 0 Å². The number of amides is 1. The second-order valence-corrected chi connectivity index (χ2v) is 6.49. The van der Waals surface area contributed by atoms with E-state index in [1.807, 2.05) is 49.3 Å². The number of carbonyl (C=O) groups is 1. The van der Waals surface area contributed by atoms with Crippen LogP contribution in [0.4, 0.5) is 5.69 Å². The summed E-state index contributed by atoms with van der Waals surface area (Å²) in [4.78, 5) is 16.6. The van der Waals surface area contributed by atoms with E-state index in [1.54, 1.807) is 12.0 Å². The van der Waals surface area contributed by atoms with Gasteiger partial charge in [-0.25, -0.2) is 0 Å². The molecule has 21 heavy (non-hydrogen) atoms. The maximum absolute atomic E-state index is 12.3. The molecule has 1 heterocycles. The van der Waals surface area contributed by atoms with Gasteiger partial charge >= 0.3 is 0 Å². The highest BCUT2D eigenvalue weighted by Gasteiger charge is 2.31. The number of ether oxygens (including phenoxy) is 1. The van der Waals surface area contributed by atoms with Crippen LogP contribution in [0, 0.1) is 0 Å². The third kappa shape index (κ3) is 3.84. The summed E-state index contributed by atoms with van der Waals surface area (Å²) in [5.74, 6) is -0.0428. The van der Waals surface area contributed by atoms with Crippen molar-refractivity contribution in [2.24, 2.45) is 0 Å². The first-order valence-electron chi connectivity index (χ1n) is 6.54. The highest BCUT2D eigenvalue weighted by Crippen LogP contribution is 2.32. The molecule has 4 nitrogen and oxygen atoms in total. The van der Waals surface area contributed by atoms with E-state index in [0.717, 1.165) is 11.3 Å². The number of thiocarbonyl (C=S) groups is 1. The van der Waals surface area contributed by atoms with E-state index in [2.05, 4.69) is 0 Å². The first kappa shape index (κ1) is 16.0. The summed E-state index contributed by atoms with van der Waals surface area (Å²) in [5, 5.41) is 0. The Kier molecular flexibility index (Phi) is 5.39. The summed E-state index contributed by atoms with van der Waals surface area (Å²) >= 11 is 6.58. The fourth-order valence-electron chi connectivity index (χ4n) is 1.90. The van der Waals surface area contributed by atoms with E-state index in [0.29, 0.717) is 22.4 Å². The van der Waals surface area contributed by atoms with Gasteiger partial charge in [0.05, 0.1) is 18.1 Å². The molecule has 0 aromatic heterocycles. The van der Waals surface area contributed by atoms with E-state index in [-0.39, 0.29) is 5.91 Å². The number of benzene rings is 1. The van der Waals surface area contributed by atoms with Crippen LogP contribution in [0.25, 0.3) is 6.08 Å². The molecule has 1 saturated heterocycles. The van der Waals surface area contributed by atoms with Gasteiger partial charge in [-0.05, 0) is 23.8 Å². The average molecular weight is 322 g/mol. The minimum Gasteiger partial charge on any atom is -0.383 e. The van der Waals surface area contributed by atoms with Crippen LogP contribution >= 0.6 is 24.0 Å². The molecule has 112 valence electrons. The highest BCUT2D eigenvalue weighted by molar-refractivity contribution is 8.26. The SMILES string of the molecule is COCCN1C(=O)/C(=C\c2ccc(N(C)C)cc2)SC1=S. The van der Waals surface area contributed by atoms with E-state index < -0.39 is 0 Å². The van der Waals surface area contributed by atoms with E-state index in [9.17, 15) is 4.79 Å². The number of rotatable bonds is 5. The van der Waals surface area contributed by atoms with Gasteiger partial charge in [-0.1, -0.05) is 36.1 Å². The molecule has 1 aliphatic rings. The number of carbonyl (C=O) groups excluding carboxylic acids is 1. The lowest BCUT2D eigenvalue weighted by Gasteiger charge is -2.13. The van der Waals surface area contributed by atoms with E-state index in [4.69, 9.17) is 17.0 Å². The molecule has 0 saturated carbocycles. The summed E-state index contributed by atoms with van der Waals surface area (Å²) in [6.07, 6.45) is 1.88. The van der Waals surface area contributed by atoms with Crippen molar-refractivity contribution in [1.29, 1.82) is 0 Å². The standard InChI is InChI=1S/C15H18N2O2S2/c1-16(2)12-6-4-11(5-7-12)10-13-14(18)17(8-9-19-3)15(20)21-13/h4-7,10H,8-9H2,1-3H3/b13-10+. The zero-order valence-electron chi connectivity index (χ0n) is 12.3. The molecule has 0 radical (unpaired) electrons. The largest absolute Gasteiger partial charge is 0.383 e. The lowest BCUT2D eigenvalue weighted by molar-refractivity contribution is -0.122. The molecule has 0 unspecified atom stereocenters. The molecule has 6 heteroatoms. The van der Waals surface area contributed by atoms with Gasteiger partial charge in [0.15, 0.2) is 0 Å². The van der Waals surface area contributed by atoms with Crippen LogP contribution in [-0.4, -0.2) is 49.5 Å². The monoisotopic (exact) mass is 322 g/mol. The maximum atomic E-state index is 12.3. The van der Waals surface area contributed by atoms with Gasteiger partial charge in [0.25, 0.3) is 5.91 Å². The summed E-state index contributed by atoms with van der Waals surface area (Å²) in [5.41, 5.74) is 2.12. The van der Waals surface area contributed by atoms with Gasteiger partial charge < -0.3 is 9.64 Å². The topological polar surface area (TPSA) is 32.8 Å². The Balaban J connectivity index is 2.14. The Bertz CT molecular complexity index is 568. The number of thioether (sulfide) groups is 1. The van der Waals surface area contributed by atoms with Gasteiger partial charge in [-0.15, -0.1) is 0 Å². The summed E-state index contributed by atoms with van der Waals surface area (Å²) < 4.78 is 5.59. The van der Waals surface area contributed by atoms with Crippen molar-refractivity contribution in [3.05, 3.63) is 34.7 Å². The lowest BCUT2D eigenvalue weighted by atomic mass is 10.2. The minimum absolute atomic E-state index is 0.0428. The molecule has 1 fully saturated rings. The third-order valence-corrected chi connectivity index (χ3v) is 4.48. The average Bonchev–Trinajstić information content (AvgIpc) is 2.72. The number of nitrogens with zero attached hydrogens (tertiary/aromatic N) is 2. The predicted octanol–water partition coefficient (Wildman–Crippen LogP) is 2.60. The molecular formula is C15H18N2O2S2. The molecule has 0 aliphatic carbocycles. The highest BCUT2D eigenvalue weighted by atomic mass is 32.2. The van der Waals surface area contributed by atoms with Crippen LogP contribution in [0.15, 0.2) is 29.2 Å². The van der Waals surface area contributed by atoms with E-state index in [1.165, 1.54) is 11.8 Å². The van der Waals surface area contributed by atoms with Crippen molar-refractivity contribution in [3.63, 3.8) is 0 Å². The predicted molar refractivity (Wildman–Crippen MR) is 92.5 cm³/mol. The van der Waals surface area contributed by atoms with Gasteiger partial charge in [-0.3, -0.25) is 9.69 Å².